The number of aryl methyl sites for hydroxylation is 1. The largest absolute Gasteiger partial charge is 0.207 e. The first-order valence-corrected chi connectivity index (χ1v) is 4.40. The average Bonchev–Trinajstić information content (AvgIpc) is 2.18. The summed E-state index contributed by atoms with van der Waals surface area (Å²) in [5, 5.41) is 0. The van der Waals surface area contributed by atoms with E-state index in [1.54, 1.807) is 12.1 Å². The van der Waals surface area contributed by atoms with E-state index in [1.807, 2.05) is 6.07 Å². The van der Waals surface area contributed by atoms with Crippen LogP contribution in [-0.2, 0) is 6.42 Å². The number of rotatable bonds is 3. The molecule has 0 heterocycles. The Morgan fingerprint density at radius 1 is 1.31 bits per heavy atom. The molecule has 0 aromatic heterocycles. The van der Waals surface area contributed by atoms with Gasteiger partial charge in [-0.3, -0.25) is 0 Å². The molecule has 1 heteroatoms. The number of hydrogen-bond donors (Lipinski definition) is 0. The SMILES string of the molecule is C#C.CCCCc1cccc(F)c1. The van der Waals surface area contributed by atoms with Crippen molar-refractivity contribution in [3.63, 3.8) is 0 Å². The van der Waals surface area contributed by atoms with Gasteiger partial charge in [0.25, 0.3) is 0 Å². The lowest BCUT2D eigenvalue weighted by Crippen LogP contribution is -1.84. The van der Waals surface area contributed by atoms with Crippen LogP contribution in [0.4, 0.5) is 4.39 Å². The first kappa shape index (κ1) is 11.7. The van der Waals surface area contributed by atoms with Crippen molar-refractivity contribution in [3.8, 4) is 12.8 Å². The second-order valence-corrected chi connectivity index (χ2v) is 2.73. The second kappa shape index (κ2) is 7.36. The van der Waals surface area contributed by atoms with Gasteiger partial charge in [0.1, 0.15) is 5.82 Å². The van der Waals surface area contributed by atoms with Gasteiger partial charge in [-0.1, -0.05) is 25.5 Å². The van der Waals surface area contributed by atoms with E-state index in [9.17, 15) is 4.39 Å². The fourth-order valence-corrected chi connectivity index (χ4v) is 1.07. The van der Waals surface area contributed by atoms with Crippen molar-refractivity contribution >= 4 is 0 Å². The molecular weight excluding hydrogens is 163 g/mol. The molecule has 0 spiro atoms. The van der Waals surface area contributed by atoms with Crippen LogP contribution in [0.3, 0.4) is 0 Å². The zero-order valence-corrected chi connectivity index (χ0v) is 7.96. The quantitative estimate of drug-likeness (QED) is 0.622. The molecule has 0 unspecified atom stereocenters. The van der Waals surface area contributed by atoms with Crippen molar-refractivity contribution in [2.75, 3.05) is 0 Å². The standard InChI is InChI=1S/C10H13F.C2H2/c1-2-3-5-9-6-4-7-10(11)8-9;1-2/h4,6-8H,2-3,5H2,1H3;1-2H. The van der Waals surface area contributed by atoms with Gasteiger partial charge in [0.15, 0.2) is 0 Å². The van der Waals surface area contributed by atoms with Crippen LogP contribution in [0.25, 0.3) is 0 Å². The van der Waals surface area contributed by atoms with Crippen LogP contribution in [0.15, 0.2) is 24.3 Å². The molecule has 0 saturated heterocycles. The first-order chi connectivity index (χ1) is 6.33. The molecule has 0 fully saturated rings. The van der Waals surface area contributed by atoms with E-state index in [4.69, 9.17) is 0 Å². The second-order valence-electron chi connectivity index (χ2n) is 2.73. The summed E-state index contributed by atoms with van der Waals surface area (Å²) in [5.74, 6) is -0.126. The highest BCUT2D eigenvalue weighted by Crippen LogP contribution is 2.06. The van der Waals surface area contributed by atoms with Gasteiger partial charge < -0.3 is 0 Å². The van der Waals surface area contributed by atoms with E-state index in [0.29, 0.717) is 0 Å². The molecule has 1 aromatic carbocycles. The summed E-state index contributed by atoms with van der Waals surface area (Å²) >= 11 is 0. The summed E-state index contributed by atoms with van der Waals surface area (Å²) in [4.78, 5) is 0. The zero-order valence-electron chi connectivity index (χ0n) is 7.96. The van der Waals surface area contributed by atoms with Gasteiger partial charge in [-0.15, -0.1) is 12.8 Å². The molecule has 0 nitrogen and oxygen atoms in total. The van der Waals surface area contributed by atoms with Crippen LogP contribution in [-0.4, -0.2) is 0 Å². The highest BCUT2D eigenvalue weighted by molar-refractivity contribution is 5.16. The molecule has 1 rings (SSSR count). The monoisotopic (exact) mass is 178 g/mol. The first-order valence-electron chi connectivity index (χ1n) is 4.40. The Hall–Kier alpha value is -1.29. The lowest BCUT2D eigenvalue weighted by molar-refractivity contribution is 0.624. The van der Waals surface area contributed by atoms with Crippen molar-refractivity contribution in [2.24, 2.45) is 0 Å². The fraction of sp³-hybridized carbons (Fsp3) is 0.333. The zero-order chi connectivity index (χ0) is 10.1. The van der Waals surface area contributed by atoms with Crippen molar-refractivity contribution in [1.82, 2.24) is 0 Å². The predicted molar refractivity (Wildman–Crippen MR) is 54.9 cm³/mol. The van der Waals surface area contributed by atoms with Crippen molar-refractivity contribution < 1.29 is 4.39 Å². The molecule has 0 atom stereocenters. The third-order valence-electron chi connectivity index (χ3n) is 1.71. The lowest BCUT2D eigenvalue weighted by atomic mass is 10.1. The van der Waals surface area contributed by atoms with Crippen LogP contribution >= 0.6 is 0 Å². The molecule has 0 aliphatic heterocycles. The average molecular weight is 178 g/mol. The minimum absolute atomic E-state index is 0.126. The molecule has 70 valence electrons. The van der Waals surface area contributed by atoms with E-state index in [0.717, 1.165) is 24.8 Å². The van der Waals surface area contributed by atoms with Crippen molar-refractivity contribution in [2.45, 2.75) is 26.2 Å². The number of benzene rings is 1. The summed E-state index contributed by atoms with van der Waals surface area (Å²) in [6, 6.07) is 6.82. The molecule has 0 bridgehead atoms. The Bertz CT molecular complexity index is 250. The van der Waals surface area contributed by atoms with Crippen LogP contribution < -0.4 is 0 Å². The molecule has 0 radical (unpaired) electrons. The van der Waals surface area contributed by atoms with Gasteiger partial charge in [-0.2, -0.15) is 0 Å². The number of hydrogen-bond acceptors (Lipinski definition) is 0. The molecule has 0 aliphatic rings. The van der Waals surface area contributed by atoms with E-state index in [1.165, 1.54) is 6.07 Å². The Balaban J connectivity index is 0.000000671. The van der Waals surface area contributed by atoms with Crippen LogP contribution in [0.5, 0.6) is 0 Å². The molecule has 0 aliphatic carbocycles. The van der Waals surface area contributed by atoms with E-state index in [-0.39, 0.29) is 5.82 Å². The minimum atomic E-state index is -0.126. The van der Waals surface area contributed by atoms with Gasteiger partial charge in [0, 0.05) is 0 Å². The maximum Gasteiger partial charge on any atom is 0.123 e. The highest BCUT2D eigenvalue weighted by Gasteiger charge is 1.93. The van der Waals surface area contributed by atoms with Gasteiger partial charge in [-0.25, -0.2) is 4.39 Å². The Morgan fingerprint density at radius 2 is 2.00 bits per heavy atom. The smallest absolute Gasteiger partial charge is 0.123 e. The molecule has 13 heavy (non-hydrogen) atoms. The summed E-state index contributed by atoms with van der Waals surface area (Å²) in [6.45, 7) is 2.14. The summed E-state index contributed by atoms with van der Waals surface area (Å²) in [7, 11) is 0. The number of terminal acetylenes is 1. The Kier molecular flexibility index (Phi) is 6.63. The van der Waals surface area contributed by atoms with Crippen molar-refractivity contribution in [1.29, 1.82) is 0 Å². The highest BCUT2D eigenvalue weighted by atomic mass is 19.1. The third kappa shape index (κ3) is 5.03. The van der Waals surface area contributed by atoms with Gasteiger partial charge in [0.2, 0.25) is 0 Å². The third-order valence-corrected chi connectivity index (χ3v) is 1.71. The normalized spacial score (nSPS) is 8.62. The Morgan fingerprint density at radius 3 is 2.54 bits per heavy atom. The lowest BCUT2D eigenvalue weighted by Gasteiger charge is -1.98. The minimum Gasteiger partial charge on any atom is -0.207 e. The van der Waals surface area contributed by atoms with Crippen molar-refractivity contribution in [3.05, 3.63) is 35.6 Å². The summed E-state index contributed by atoms with van der Waals surface area (Å²) < 4.78 is 12.6. The summed E-state index contributed by atoms with van der Waals surface area (Å²) in [6.07, 6.45) is 11.3. The number of unbranched alkanes of at least 4 members (excludes halogenated alkanes) is 1. The fourth-order valence-electron chi connectivity index (χ4n) is 1.07. The van der Waals surface area contributed by atoms with Crippen LogP contribution in [0.1, 0.15) is 25.3 Å². The van der Waals surface area contributed by atoms with Crippen LogP contribution in [0, 0.1) is 18.7 Å². The molecule has 0 N–H and O–H groups in total. The van der Waals surface area contributed by atoms with E-state index >= 15 is 0 Å². The van der Waals surface area contributed by atoms with E-state index < -0.39 is 0 Å². The van der Waals surface area contributed by atoms with Gasteiger partial charge >= 0.3 is 0 Å². The summed E-state index contributed by atoms with van der Waals surface area (Å²) in [5.41, 5.74) is 1.10. The van der Waals surface area contributed by atoms with E-state index in [2.05, 4.69) is 19.8 Å². The molecule has 0 saturated carbocycles. The Labute approximate surface area is 79.8 Å². The topological polar surface area (TPSA) is 0 Å². The van der Waals surface area contributed by atoms with Gasteiger partial charge in [0.05, 0.1) is 0 Å². The molecule has 0 amide bonds. The predicted octanol–water partition coefficient (Wildman–Crippen LogP) is 3.42. The maximum atomic E-state index is 12.6. The van der Waals surface area contributed by atoms with Crippen LogP contribution in [0.2, 0.25) is 0 Å². The molecule has 1 aromatic rings. The van der Waals surface area contributed by atoms with Gasteiger partial charge in [-0.05, 0) is 30.5 Å². The number of halogens is 1. The molecular formula is C12H15F. The maximum absolute atomic E-state index is 12.6.